The third kappa shape index (κ3) is 3.31. The number of benzene rings is 1. The van der Waals surface area contributed by atoms with Crippen molar-refractivity contribution in [3.8, 4) is 0 Å². The lowest BCUT2D eigenvalue weighted by Gasteiger charge is -2.13. The maximum absolute atomic E-state index is 12.1. The largest absolute Gasteiger partial charge is 0.397 e. The summed E-state index contributed by atoms with van der Waals surface area (Å²) >= 11 is 3.10. The summed E-state index contributed by atoms with van der Waals surface area (Å²) in [5.41, 5.74) is 7.48. The van der Waals surface area contributed by atoms with Gasteiger partial charge in [0.15, 0.2) is 0 Å². The van der Waals surface area contributed by atoms with Gasteiger partial charge in [0, 0.05) is 11.0 Å². The van der Waals surface area contributed by atoms with Crippen molar-refractivity contribution in [3.05, 3.63) is 34.3 Å². The van der Waals surface area contributed by atoms with Crippen LogP contribution in [-0.2, 0) is 10.0 Å². The van der Waals surface area contributed by atoms with Crippen LogP contribution in [-0.4, -0.2) is 15.0 Å². The summed E-state index contributed by atoms with van der Waals surface area (Å²) in [6.45, 7) is 7.20. The predicted octanol–water partition coefficient (Wildman–Crippen LogP) is 2.07. The Labute approximate surface area is 110 Å². The lowest BCUT2D eigenvalue weighted by Crippen LogP contribution is -2.26. The standard InChI is InChI=1S/C11H15BrN2O2S/c1-7-4-5-8(2)11(10(7)13)17(15,16)14-6-9(3)12/h4-5,14H,3,6,13H2,1-2H3. The molecule has 0 aliphatic heterocycles. The lowest BCUT2D eigenvalue weighted by atomic mass is 10.1. The van der Waals surface area contributed by atoms with Crippen molar-refractivity contribution in [2.24, 2.45) is 0 Å². The molecular formula is C11H15BrN2O2S. The number of sulfonamides is 1. The normalized spacial score (nSPS) is 11.5. The number of rotatable bonds is 4. The van der Waals surface area contributed by atoms with Crippen molar-refractivity contribution in [1.82, 2.24) is 4.72 Å². The lowest BCUT2D eigenvalue weighted by molar-refractivity contribution is 0.585. The van der Waals surface area contributed by atoms with Crippen molar-refractivity contribution in [2.45, 2.75) is 18.7 Å². The zero-order chi connectivity index (χ0) is 13.2. The molecule has 0 saturated heterocycles. The van der Waals surface area contributed by atoms with E-state index in [4.69, 9.17) is 5.73 Å². The first kappa shape index (κ1) is 14.2. The predicted molar refractivity (Wildman–Crippen MR) is 73.6 cm³/mol. The van der Waals surface area contributed by atoms with Crippen LogP contribution in [0.4, 0.5) is 5.69 Å². The number of nitrogens with two attached hydrogens (primary N) is 1. The molecule has 0 aliphatic rings. The van der Waals surface area contributed by atoms with Crippen LogP contribution in [0.1, 0.15) is 11.1 Å². The van der Waals surface area contributed by atoms with E-state index in [0.29, 0.717) is 10.0 Å². The highest BCUT2D eigenvalue weighted by molar-refractivity contribution is 9.11. The Morgan fingerprint density at radius 1 is 1.41 bits per heavy atom. The Hall–Kier alpha value is -0.850. The molecule has 6 heteroatoms. The second kappa shape index (κ2) is 5.20. The second-order valence-corrected chi connectivity index (χ2v) is 6.61. The number of hydrogen-bond acceptors (Lipinski definition) is 3. The van der Waals surface area contributed by atoms with E-state index in [0.717, 1.165) is 5.56 Å². The van der Waals surface area contributed by atoms with Gasteiger partial charge in [0.25, 0.3) is 0 Å². The first-order valence-corrected chi connectivity index (χ1v) is 7.22. The Morgan fingerprint density at radius 3 is 2.47 bits per heavy atom. The van der Waals surface area contributed by atoms with Gasteiger partial charge in [-0.15, -0.1) is 0 Å². The average Bonchev–Trinajstić information content (AvgIpc) is 2.21. The van der Waals surface area contributed by atoms with Gasteiger partial charge >= 0.3 is 0 Å². The van der Waals surface area contributed by atoms with E-state index in [1.54, 1.807) is 26.0 Å². The van der Waals surface area contributed by atoms with Gasteiger partial charge in [0.2, 0.25) is 10.0 Å². The molecule has 0 radical (unpaired) electrons. The number of anilines is 1. The first-order valence-electron chi connectivity index (χ1n) is 4.94. The van der Waals surface area contributed by atoms with Crippen molar-refractivity contribution in [3.63, 3.8) is 0 Å². The molecule has 0 fully saturated rings. The number of halogens is 1. The quantitative estimate of drug-likeness (QED) is 0.835. The summed E-state index contributed by atoms with van der Waals surface area (Å²) in [5.74, 6) is 0. The number of nitrogen functional groups attached to an aromatic ring is 1. The van der Waals surface area contributed by atoms with E-state index in [1.807, 2.05) is 0 Å². The summed E-state index contributed by atoms with van der Waals surface area (Å²) < 4.78 is 27.1. The molecule has 4 nitrogen and oxygen atoms in total. The second-order valence-electron chi connectivity index (χ2n) is 3.78. The Balaban J connectivity index is 3.24. The molecule has 0 bridgehead atoms. The van der Waals surface area contributed by atoms with Crippen molar-refractivity contribution in [1.29, 1.82) is 0 Å². The summed E-state index contributed by atoms with van der Waals surface area (Å²) in [6, 6.07) is 3.54. The molecule has 0 unspecified atom stereocenters. The van der Waals surface area contributed by atoms with Crippen LogP contribution in [0.2, 0.25) is 0 Å². The van der Waals surface area contributed by atoms with E-state index in [1.165, 1.54) is 0 Å². The summed E-state index contributed by atoms with van der Waals surface area (Å²) in [7, 11) is -3.61. The van der Waals surface area contributed by atoms with E-state index >= 15 is 0 Å². The smallest absolute Gasteiger partial charge is 0.243 e. The average molecular weight is 319 g/mol. The van der Waals surface area contributed by atoms with E-state index in [9.17, 15) is 8.42 Å². The molecular weight excluding hydrogens is 304 g/mol. The fraction of sp³-hybridized carbons (Fsp3) is 0.273. The summed E-state index contributed by atoms with van der Waals surface area (Å²) in [5, 5.41) is 0. The topological polar surface area (TPSA) is 72.2 Å². The summed E-state index contributed by atoms with van der Waals surface area (Å²) in [4.78, 5) is 0.145. The van der Waals surface area contributed by atoms with E-state index < -0.39 is 10.0 Å². The van der Waals surface area contributed by atoms with Crippen molar-refractivity contribution >= 4 is 31.6 Å². The van der Waals surface area contributed by atoms with Gasteiger partial charge in [-0.25, -0.2) is 13.1 Å². The fourth-order valence-electron chi connectivity index (χ4n) is 1.41. The molecule has 0 saturated carbocycles. The minimum atomic E-state index is -3.61. The molecule has 17 heavy (non-hydrogen) atoms. The van der Waals surface area contributed by atoms with Gasteiger partial charge in [-0.2, -0.15) is 0 Å². The third-order valence-electron chi connectivity index (χ3n) is 2.33. The Kier molecular flexibility index (Phi) is 4.35. The van der Waals surface area contributed by atoms with Gasteiger partial charge in [-0.3, -0.25) is 0 Å². The SMILES string of the molecule is C=C(Br)CNS(=O)(=O)c1c(C)ccc(C)c1N. The van der Waals surface area contributed by atoms with Gasteiger partial charge in [-0.05, 0) is 25.0 Å². The van der Waals surface area contributed by atoms with Gasteiger partial charge in [0.05, 0.1) is 5.69 Å². The van der Waals surface area contributed by atoms with Crippen LogP contribution in [0.5, 0.6) is 0 Å². The van der Waals surface area contributed by atoms with Gasteiger partial charge < -0.3 is 5.73 Å². The maximum atomic E-state index is 12.1. The molecule has 94 valence electrons. The van der Waals surface area contributed by atoms with E-state index in [2.05, 4.69) is 27.2 Å². The fourth-order valence-corrected chi connectivity index (χ4v) is 3.19. The molecule has 0 aromatic heterocycles. The molecule has 0 amide bonds. The Bertz CT molecular complexity index is 553. The highest BCUT2D eigenvalue weighted by atomic mass is 79.9. The molecule has 1 aromatic rings. The minimum Gasteiger partial charge on any atom is -0.397 e. The third-order valence-corrected chi connectivity index (χ3v) is 4.22. The molecule has 0 atom stereocenters. The van der Waals surface area contributed by atoms with Crippen molar-refractivity contribution in [2.75, 3.05) is 12.3 Å². The first-order chi connectivity index (χ1) is 7.75. The number of hydrogen-bond donors (Lipinski definition) is 2. The molecule has 0 spiro atoms. The van der Waals surface area contributed by atoms with Crippen LogP contribution < -0.4 is 10.5 Å². The highest BCUT2D eigenvalue weighted by Gasteiger charge is 2.20. The van der Waals surface area contributed by atoms with Gasteiger partial charge in [0.1, 0.15) is 4.90 Å². The Morgan fingerprint density at radius 2 is 1.94 bits per heavy atom. The zero-order valence-electron chi connectivity index (χ0n) is 9.75. The monoisotopic (exact) mass is 318 g/mol. The molecule has 3 N–H and O–H groups in total. The zero-order valence-corrected chi connectivity index (χ0v) is 12.2. The van der Waals surface area contributed by atoms with Crippen LogP contribution in [0, 0.1) is 13.8 Å². The molecule has 1 rings (SSSR count). The molecule has 0 heterocycles. The number of nitrogens with one attached hydrogen (secondary N) is 1. The number of aryl methyl sites for hydroxylation is 2. The highest BCUT2D eigenvalue weighted by Crippen LogP contribution is 2.25. The van der Waals surface area contributed by atoms with Gasteiger partial charge in [-0.1, -0.05) is 34.6 Å². The van der Waals surface area contributed by atoms with Crippen molar-refractivity contribution < 1.29 is 8.42 Å². The van der Waals surface area contributed by atoms with E-state index in [-0.39, 0.29) is 17.1 Å². The van der Waals surface area contributed by atoms with Crippen LogP contribution >= 0.6 is 15.9 Å². The maximum Gasteiger partial charge on any atom is 0.243 e. The van der Waals surface area contributed by atoms with Crippen LogP contribution in [0.3, 0.4) is 0 Å². The molecule has 1 aromatic carbocycles. The molecule has 0 aliphatic carbocycles. The summed E-state index contributed by atoms with van der Waals surface area (Å²) in [6.07, 6.45) is 0. The minimum absolute atomic E-state index is 0.134. The van der Waals surface area contributed by atoms with Crippen LogP contribution in [0.15, 0.2) is 28.1 Å². The van der Waals surface area contributed by atoms with Crippen LogP contribution in [0.25, 0.3) is 0 Å².